The van der Waals surface area contributed by atoms with Gasteiger partial charge in [-0.2, -0.15) is 0 Å². The van der Waals surface area contributed by atoms with Crippen molar-refractivity contribution in [1.82, 2.24) is 14.9 Å². The molecule has 0 saturated carbocycles. The standard InChI is InChI=1S/C19H18IN3O/c20-15-7-3-5-13(11-15)19(24)23-10-4-6-14(12-23)18-21-16-8-1-2-9-17(16)22-18/h1-3,5,7-9,11,14H,4,6,10,12H2,(H,21,22). The summed E-state index contributed by atoms with van der Waals surface area (Å²) in [5, 5.41) is 0. The van der Waals surface area contributed by atoms with Crippen molar-refractivity contribution in [2.45, 2.75) is 18.8 Å². The lowest BCUT2D eigenvalue weighted by atomic mass is 9.96. The van der Waals surface area contributed by atoms with Gasteiger partial charge in [0, 0.05) is 28.1 Å². The smallest absolute Gasteiger partial charge is 0.253 e. The molecule has 24 heavy (non-hydrogen) atoms. The number of amides is 1. The number of carbonyl (C=O) groups is 1. The number of aromatic amines is 1. The summed E-state index contributed by atoms with van der Waals surface area (Å²) in [6.45, 7) is 1.55. The van der Waals surface area contributed by atoms with Gasteiger partial charge in [0.1, 0.15) is 5.82 Å². The Hall–Kier alpha value is -1.89. The van der Waals surface area contributed by atoms with E-state index in [2.05, 4.69) is 27.6 Å². The third-order valence-electron chi connectivity index (χ3n) is 4.57. The van der Waals surface area contributed by atoms with Gasteiger partial charge in [-0.05, 0) is 65.8 Å². The molecule has 1 aromatic heterocycles. The SMILES string of the molecule is O=C(c1cccc(I)c1)N1CCCC(c2nc3ccccc3[nH]2)C1. The number of fused-ring (bicyclic) bond motifs is 1. The maximum atomic E-state index is 12.8. The molecule has 0 bridgehead atoms. The van der Waals surface area contributed by atoms with Crippen molar-refractivity contribution in [3.63, 3.8) is 0 Å². The molecule has 4 nitrogen and oxygen atoms in total. The largest absolute Gasteiger partial charge is 0.342 e. The number of nitrogens with zero attached hydrogens (tertiary/aromatic N) is 2. The van der Waals surface area contributed by atoms with Gasteiger partial charge in [0.15, 0.2) is 0 Å². The van der Waals surface area contributed by atoms with Gasteiger partial charge in [0.05, 0.1) is 11.0 Å². The summed E-state index contributed by atoms with van der Waals surface area (Å²) in [7, 11) is 0. The van der Waals surface area contributed by atoms with Gasteiger partial charge < -0.3 is 9.88 Å². The van der Waals surface area contributed by atoms with Gasteiger partial charge in [-0.1, -0.05) is 18.2 Å². The second-order valence-electron chi connectivity index (χ2n) is 6.24. The summed E-state index contributed by atoms with van der Waals surface area (Å²) in [5.41, 5.74) is 2.83. The van der Waals surface area contributed by atoms with Crippen LogP contribution in [-0.4, -0.2) is 33.9 Å². The molecule has 0 radical (unpaired) electrons. The van der Waals surface area contributed by atoms with Crippen LogP contribution in [-0.2, 0) is 0 Å². The van der Waals surface area contributed by atoms with Crippen molar-refractivity contribution < 1.29 is 4.79 Å². The van der Waals surface area contributed by atoms with E-state index in [0.717, 1.165) is 51.9 Å². The van der Waals surface area contributed by atoms with E-state index < -0.39 is 0 Å². The Balaban J connectivity index is 1.56. The molecule has 2 aromatic carbocycles. The van der Waals surface area contributed by atoms with E-state index in [4.69, 9.17) is 4.98 Å². The summed E-state index contributed by atoms with van der Waals surface area (Å²) >= 11 is 2.25. The monoisotopic (exact) mass is 431 g/mol. The molecular weight excluding hydrogens is 413 g/mol. The molecule has 1 aliphatic rings. The quantitative estimate of drug-likeness (QED) is 0.619. The van der Waals surface area contributed by atoms with Crippen LogP contribution in [0.25, 0.3) is 11.0 Å². The van der Waals surface area contributed by atoms with Gasteiger partial charge in [0.2, 0.25) is 0 Å². The summed E-state index contributed by atoms with van der Waals surface area (Å²) in [4.78, 5) is 22.9. The molecule has 4 rings (SSSR count). The van der Waals surface area contributed by atoms with Gasteiger partial charge in [-0.3, -0.25) is 4.79 Å². The number of likely N-dealkylation sites (tertiary alicyclic amines) is 1. The summed E-state index contributed by atoms with van der Waals surface area (Å²) in [6.07, 6.45) is 2.08. The number of para-hydroxylation sites is 2. The van der Waals surface area contributed by atoms with Crippen molar-refractivity contribution in [3.05, 3.63) is 63.5 Å². The number of imidazole rings is 1. The summed E-state index contributed by atoms with van der Waals surface area (Å²) in [6, 6.07) is 15.9. The third kappa shape index (κ3) is 3.05. The fraction of sp³-hybridized carbons (Fsp3) is 0.263. The fourth-order valence-corrected chi connectivity index (χ4v) is 3.90. The molecule has 122 valence electrons. The first-order chi connectivity index (χ1) is 11.7. The number of hydrogen-bond donors (Lipinski definition) is 1. The van der Waals surface area contributed by atoms with E-state index in [1.54, 1.807) is 0 Å². The van der Waals surface area contributed by atoms with Gasteiger partial charge in [-0.25, -0.2) is 4.98 Å². The minimum absolute atomic E-state index is 0.120. The molecule has 1 saturated heterocycles. The van der Waals surface area contributed by atoms with E-state index >= 15 is 0 Å². The molecule has 3 aromatic rings. The average Bonchev–Trinajstić information content (AvgIpc) is 3.05. The Morgan fingerprint density at radius 3 is 2.92 bits per heavy atom. The highest BCUT2D eigenvalue weighted by atomic mass is 127. The Kier molecular flexibility index (Phi) is 4.26. The van der Waals surface area contributed by atoms with Crippen molar-refractivity contribution in [3.8, 4) is 0 Å². The number of hydrogen-bond acceptors (Lipinski definition) is 2. The number of rotatable bonds is 2. The first kappa shape index (κ1) is 15.6. The van der Waals surface area contributed by atoms with E-state index in [9.17, 15) is 4.79 Å². The zero-order chi connectivity index (χ0) is 16.5. The highest BCUT2D eigenvalue weighted by Crippen LogP contribution is 2.27. The minimum atomic E-state index is 0.120. The Bertz CT molecular complexity index is 856. The van der Waals surface area contributed by atoms with Crippen LogP contribution in [0.15, 0.2) is 48.5 Å². The topological polar surface area (TPSA) is 49.0 Å². The molecule has 1 fully saturated rings. The number of benzene rings is 2. The van der Waals surface area contributed by atoms with E-state index in [0.29, 0.717) is 0 Å². The molecule has 1 unspecified atom stereocenters. The highest BCUT2D eigenvalue weighted by Gasteiger charge is 2.27. The van der Waals surface area contributed by atoms with Crippen LogP contribution < -0.4 is 0 Å². The van der Waals surface area contributed by atoms with E-state index in [1.807, 2.05) is 53.4 Å². The number of halogens is 1. The number of piperidine rings is 1. The second kappa shape index (κ2) is 6.55. The molecule has 1 amide bonds. The maximum absolute atomic E-state index is 12.8. The third-order valence-corrected chi connectivity index (χ3v) is 5.25. The molecule has 1 N–H and O–H groups in total. The molecule has 1 aliphatic heterocycles. The molecule has 1 atom stereocenters. The predicted molar refractivity (Wildman–Crippen MR) is 103 cm³/mol. The first-order valence-corrected chi connectivity index (χ1v) is 9.28. The Labute approximate surface area is 154 Å². The fourth-order valence-electron chi connectivity index (χ4n) is 3.35. The number of nitrogens with one attached hydrogen (secondary N) is 1. The van der Waals surface area contributed by atoms with Gasteiger partial charge in [-0.15, -0.1) is 0 Å². The number of carbonyl (C=O) groups excluding carboxylic acids is 1. The van der Waals surface area contributed by atoms with Crippen molar-refractivity contribution in [2.24, 2.45) is 0 Å². The molecule has 2 heterocycles. The Morgan fingerprint density at radius 1 is 1.21 bits per heavy atom. The number of H-pyrrole nitrogens is 1. The van der Waals surface area contributed by atoms with Crippen molar-refractivity contribution in [1.29, 1.82) is 0 Å². The molecule has 0 aliphatic carbocycles. The van der Waals surface area contributed by atoms with E-state index in [1.165, 1.54) is 0 Å². The molecule has 5 heteroatoms. The normalized spacial score (nSPS) is 18.0. The number of aromatic nitrogens is 2. The maximum Gasteiger partial charge on any atom is 0.253 e. The van der Waals surface area contributed by atoms with Crippen LogP contribution in [0.3, 0.4) is 0 Å². The first-order valence-electron chi connectivity index (χ1n) is 8.20. The summed E-state index contributed by atoms with van der Waals surface area (Å²) in [5.74, 6) is 1.39. The predicted octanol–water partition coefficient (Wildman–Crippen LogP) is 4.19. The Morgan fingerprint density at radius 2 is 2.08 bits per heavy atom. The lowest BCUT2D eigenvalue weighted by Crippen LogP contribution is -2.39. The zero-order valence-corrected chi connectivity index (χ0v) is 15.4. The van der Waals surface area contributed by atoms with Crippen LogP contribution in [0.2, 0.25) is 0 Å². The zero-order valence-electron chi connectivity index (χ0n) is 13.2. The lowest BCUT2D eigenvalue weighted by molar-refractivity contribution is 0.0705. The van der Waals surface area contributed by atoms with Gasteiger partial charge in [0.25, 0.3) is 5.91 Å². The van der Waals surface area contributed by atoms with Crippen LogP contribution in [0.5, 0.6) is 0 Å². The van der Waals surface area contributed by atoms with Crippen LogP contribution in [0.1, 0.15) is 34.9 Å². The second-order valence-corrected chi connectivity index (χ2v) is 7.49. The average molecular weight is 431 g/mol. The summed E-state index contributed by atoms with van der Waals surface area (Å²) < 4.78 is 1.09. The van der Waals surface area contributed by atoms with Crippen LogP contribution >= 0.6 is 22.6 Å². The van der Waals surface area contributed by atoms with Crippen LogP contribution in [0.4, 0.5) is 0 Å². The van der Waals surface area contributed by atoms with Gasteiger partial charge >= 0.3 is 0 Å². The van der Waals surface area contributed by atoms with Crippen molar-refractivity contribution >= 4 is 39.5 Å². The molecule has 0 spiro atoms. The molecular formula is C19H18IN3O. The van der Waals surface area contributed by atoms with Crippen LogP contribution in [0, 0.1) is 3.57 Å². The lowest BCUT2D eigenvalue weighted by Gasteiger charge is -2.32. The van der Waals surface area contributed by atoms with E-state index in [-0.39, 0.29) is 11.8 Å². The minimum Gasteiger partial charge on any atom is -0.342 e. The highest BCUT2D eigenvalue weighted by molar-refractivity contribution is 14.1. The van der Waals surface area contributed by atoms with Crippen molar-refractivity contribution in [2.75, 3.05) is 13.1 Å².